The number of nitriles is 1. The number of benzene rings is 1. The fourth-order valence-electron chi connectivity index (χ4n) is 2.87. The quantitative estimate of drug-likeness (QED) is 0.839. The molecular formula is C18H19N3O3S. The largest absolute Gasteiger partial charge is 0.487 e. The number of hydrogen-bond acceptors (Lipinski definition) is 5. The van der Waals surface area contributed by atoms with Crippen LogP contribution in [-0.4, -0.2) is 36.9 Å². The van der Waals surface area contributed by atoms with Crippen LogP contribution in [0.1, 0.15) is 23.2 Å². The zero-order chi connectivity index (χ0) is 18.0. The van der Waals surface area contributed by atoms with Crippen molar-refractivity contribution in [3.05, 3.63) is 53.3 Å². The Labute approximate surface area is 147 Å². The Balaban J connectivity index is 1.79. The normalized spacial score (nSPS) is 18.0. The van der Waals surface area contributed by atoms with E-state index in [2.05, 4.69) is 4.98 Å². The second-order valence-corrected chi connectivity index (χ2v) is 7.98. The first-order valence-corrected chi connectivity index (χ1v) is 9.45. The maximum atomic E-state index is 12.9. The predicted molar refractivity (Wildman–Crippen MR) is 92.7 cm³/mol. The van der Waals surface area contributed by atoms with Crippen molar-refractivity contribution in [3.63, 3.8) is 0 Å². The molecule has 2 heterocycles. The standard InChI is InChI=1S/C18H19N3O3S/c1-13-5-6-15(11-19)10-18(13)25(22,23)21-9-7-16(12-21)24-17-4-3-8-20-14(17)2/h3-6,8,10,16H,7,9,12H2,1-2H3/t16-/m1/s1. The van der Waals surface area contributed by atoms with Crippen molar-refractivity contribution in [2.75, 3.05) is 13.1 Å². The van der Waals surface area contributed by atoms with Crippen LogP contribution >= 0.6 is 0 Å². The molecule has 0 bridgehead atoms. The number of aromatic nitrogens is 1. The van der Waals surface area contributed by atoms with Crippen molar-refractivity contribution in [3.8, 4) is 11.8 Å². The Bertz CT molecular complexity index is 935. The number of nitrogens with zero attached hydrogens (tertiary/aromatic N) is 3. The molecule has 2 aromatic rings. The van der Waals surface area contributed by atoms with Gasteiger partial charge >= 0.3 is 0 Å². The summed E-state index contributed by atoms with van der Waals surface area (Å²) in [6.45, 7) is 4.27. The number of sulfonamides is 1. The Morgan fingerprint density at radius 2 is 2.12 bits per heavy atom. The Morgan fingerprint density at radius 3 is 2.84 bits per heavy atom. The van der Waals surface area contributed by atoms with Crippen LogP contribution in [0.15, 0.2) is 41.4 Å². The topological polar surface area (TPSA) is 83.3 Å². The van der Waals surface area contributed by atoms with Crippen molar-refractivity contribution >= 4 is 10.0 Å². The van der Waals surface area contributed by atoms with Crippen molar-refractivity contribution in [1.82, 2.24) is 9.29 Å². The summed E-state index contributed by atoms with van der Waals surface area (Å²) in [5.41, 5.74) is 1.75. The molecule has 6 nitrogen and oxygen atoms in total. The summed E-state index contributed by atoms with van der Waals surface area (Å²) in [4.78, 5) is 4.36. The molecule has 0 saturated carbocycles. The van der Waals surface area contributed by atoms with Gasteiger partial charge in [-0.2, -0.15) is 9.57 Å². The molecule has 1 aliphatic rings. The second kappa shape index (κ2) is 6.82. The summed E-state index contributed by atoms with van der Waals surface area (Å²) < 4.78 is 33.2. The van der Waals surface area contributed by atoms with Gasteiger partial charge in [0.25, 0.3) is 0 Å². The lowest BCUT2D eigenvalue weighted by molar-refractivity contribution is 0.213. The minimum atomic E-state index is -3.65. The van der Waals surface area contributed by atoms with E-state index in [9.17, 15) is 8.42 Å². The van der Waals surface area contributed by atoms with Gasteiger partial charge in [-0.15, -0.1) is 0 Å². The second-order valence-electron chi connectivity index (χ2n) is 6.07. The third-order valence-electron chi connectivity index (χ3n) is 4.29. The predicted octanol–water partition coefficient (Wildman–Crippen LogP) is 2.41. The zero-order valence-electron chi connectivity index (χ0n) is 14.1. The maximum Gasteiger partial charge on any atom is 0.243 e. The van der Waals surface area contributed by atoms with Crippen molar-refractivity contribution in [2.45, 2.75) is 31.3 Å². The SMILES string of the molecule is Cc1ccc(C#N)cc1S(=O)(=O)N1CC[C@@H](Oc2cccnc2C)C1. The molecule has 1 atom stereocenters. The minimum Gasteiger partial charge on any atom is -0.487 e. The van der Waals surface area contributed by atoms with E-state index in [4.69, 9.17) is 10.00 Å². The average Bonchev–Trinajstić information content (AvgIpc) is 3.07. The fraction of sp³-hybridized carbons (Fsp3) is 0.333. The molecule has 1 saturated heterocycles. The van der Waals surface area contributed by atoms with Crippen LogP contribution in [0.2, 0.25) is 0 Å². The highest BCUT2D eigenvalue weighted by atomic mass is 32.2. The van der Waals surface area contributed by atoms with Crippen LogP contribution in [-0.2, 0) is 10.0 Å². The van der Waals surface area contributed by atoms with Gasteiger partial charge in [0.15, 0.2) is 0 Å². The number of hydrogen-bond donors (Lipinski definition) is 0. The van der Waals surface area contributed by atoms with Gasteiger partial charge in [-0.1, -0.05) is 6.07 Å². The van der Waals surface area contributed by atoms with Crippen molar-refractivity contribution in [2.24, 2.45) is 0 Å². The lowest BCUT2D eigenvalue weighted by Gasteiger charge is -2.19. The molecule has 3 rings (SSSR count). The van der Waals surface area contributed by atoms with Gasteiger partial charge < -0.3 is 4.74 Å². The molecule has 1 aromatic heterocycles. The van der Waals surface area contributed by atoms with E-state index in [0.717, 1.165) is 5.69 Å². The van der Waals surface area contributed by atoms with Crippen LogP contribution in [0.25, 0.3) is 0 Å². The number of aryl methyl sites for hydroxylation is 2. The molecule has 130 valence electrons. The van der Waals surface area contributed by atoms with Crippen LogP contribution in [0, 0.1) is 25.2 Å². The molecule has 1 aliphatic heterocycles. The summed E-state index contributed by atoms with van der Waals surface area (Å²) in [6.07, 6.45) is 2.10. The molecule has 0 aliphatic carbocycles. The number of rotatable bonds is 4. The molecule has 0 radical (unpaired) electrons. The zero-order valence-corrected chi connectivity index (χ0v) is 15.0. The molecule has 0 amide bonds. The molecule has 0 unspecified atom stereocenters. The third-order valence-corrected chi connectivity index (χ3v) is 6.30. The Kier molecular flexibility index (Phi) is 4.75. The Hall–Kier alpha value is -2.43. The van der Waals surface area contributed by atoms with Gasteiger partial charge in [0.1, 0.15) is 11.9 Å². The fourth-order valence-corrected chi connectivity index (χ4v) is 4.61. The van der Waals surface area contributed by atoms with E-state index in [1.54, 1.807) is 31.3 Å². The Morgan fingerprint density at radius 1 is 1.32 bits per heavy atom. The van der Waals surface area contributed by atoms with Crippen LogP contribution in [0.3, 0.4) is 0 Å². The number of ether oxygens (including phenoxy) is 1. The van der Waals surface area contributed by atoms with E-state index in [1.165, 1.54) is 10.4 Å². The first-order chi connectivity index (χ1) is 11.9. The van der Waals surface area contributed by atoms with E-state index < -0.39 is 10.0 Å². The lowest BCUT2D eigenvalue weighted by Crippen LogP contribution is -2.31. The van der Waals surface area contributed by atoms with Gasteiger partial charge in [-0.05, 0) is 50.1 Å². The lowest BCUT2D eigenvalue weighted by atomic mass is 10.2. The minimum absolute atomic E-state index is 0.185. The number of pyridine rings is 1. The molecule has 25 heavy (non-hydrogen) atoms. The van der Waals surface area contributed by atoms with Gasteiger partial charge in [-0.25, -0.2) is 8.42 Å². The van der Waals surface area contributed by atoms with Gasteiger partial charge in [-0.3, -0.25) is 4.98 Å². The monoisotopic (exact) mass is 357 g/mol. The van der Waals surface area contributed by atoms with E-state index in [-0.39, 0.29) is 17.5 Å². The highest BCUT2D eigenvalue weighted by Crippen LogP contribution is 2.27. The highest BCUT2D eigenvalue weighted by Gasteiger charge is 2.34. The van der Waals surface area contributed by atoms with E-state index in [1.807, 2.05) is 19.1 Å². The smallest absolute Gasteiger partial charge is 0.243 e. The summed E-state index contributed by atoms with van der Waals surface area (Å²) in [5.74, 6) is 0.675. The molecule has 0 N–H and O–H groups in total. The first kappa shape index (κ1) is 17.4. The highest BCUT2D eigenvalue weighted by molar-refractivity contribution is 7.89. The van der Waals surface area contributed by atoms with Gasteiger partial charge in [0.05, 0.1) is 28.8 Å². The summed E-state index contributed by atoms with van der Waals surface area (Å²) in [6, 6.07) is 10.3. The van der Waals surface area contributed by atoms with Crippen LogP contribution < -0.4 is 4.74 Å². The summed E-state index contributed by atoms with van der Waals surface area (Å²) in [5, 5.41) is 9.03. The molecule has 0 spiro atoms. The van der Waals surface area contributed by atoms with E-state index >= 15 is 0 Å². The van der Waals surface area contributed by atoms with Crippen molar-refractivity contribution in [1.29, 1.82) is 5.26 Å². The van der Waals surface area contributed by atoms with Gasteiger partial charge in [0.2, 0.25) is 10.0 Å². The maximum absolute atomic E-state index is 12.9. The van der Waals surface area contributed by atoms with Crippen LogP contribution in [0.5, 0.6) is 5.75 Å². The summed E-state index contributed by atoms with van der Waals surface area (Å²) in [7, 11) is -3.65. The average molecular weight is 357 g/mol. The first-order valence-electron chi connectivity index (χ1n) is 8.01. The van der Waals surface area contributed by atoms with E-state index in [0.29, 0.717) is 29.8 Å². The molecule has 7 heteroatoms. The molecule has 1 fully saturated rings. The summed E-state index contributed by atoms with van der Waals surface area (Å²) >= 11 is 0. The van der Waals surface area contributed by atoms with Crippen molar-refractivity contribution < 1.29 is 13.2 Å². The van der Waals surface area contributed by atoms with Gasteiger partial charge in [0, 0.05) is 12.7 Å². The molecular weight excluding hydrogens is 338 g/mol. The third kappa shape index (κ3) is 3.50. The molecule has 1 aromatic carbocycles. The van der Waals surface area contributed by atoms with Crippen LogP contribution in [0.4, 0.5) is 0 Å².